The molecule has 1 amide bonds. The molecular weight excluding hydrogens is 306 g/mol. The second-order valence-corrected chi connectivity index (χ2v) is 6.11. The Kier molecular flexibility index (Phi) is 5.25. The second-order valence-electron chi connectivity index (χ2n) is 6.11. The minimum absolute atomic E-state index is 0.117. The number of hydrogen-bond donors (Lipinski definition) is 0. The maximum absolute atomic E-state index is 12.3. The van der Waals surface area contributed by atoms with Gasteiger partial charge in [0.1, 0.15) is 0 Å². The van der Waals surface area contributed by atoms with Gasteiger partial charge in [0, 0.05) is 31.5 Å². The average molecular weight is 329 g/mol. The van der Waals surface area contributed by atoms with Gasteiger partial charge in [-0.2, -0.15) is 0 Å². The van der Waals surface area contributed by atoms with Crippen molar-refractivity contribution in [3.63, 3.8) is 0 Å². The van der Waals surface area contributed by atoms with Crippen molar-refractivity contribution in [2.75, 3.05) is 19.7 Å². The van der Waals surface area contributed by atoms with E-state index in [4.69, 9.17) is 9.15 Å². The first-order valence-corrected chi connectivity index (χ1v) is 8.44. The zero-order valence-corrected chi connectivity index (χ0v) is 14.2. The maximum Gasteiger partial charge on any atom is 0.247 e. The average Bonchev–Trinajstić information content (AvgIpc) is 3.09. The van der Waals surface area contributed by atoms with Crippen LogP contribution in [0.15, 0.2) is 28.7 Å². The zero-order chi connectivity index (χ0) is 16.9. The minimum atomic E-state index is 0.117. The quantitative estimate of drug-likeness (QED) is 0.843. The van der Waals surface area contributed by atoms with Crippen LogP contribution in [0.5, 0.6) is 0 Å². The number of hydrogen-bond acceptors (Lipinski definition) is 5. The number of carbonyl (C=O) groups is 1. The molecule has 0 radical (unpaired) electrons. The molecule has 1 aliphatic heterocycles. The Hall–Kier alpha value is -2.21. The normalized spacial score (nSPS) is 17.9. The van der Waals surface area contributed by atoms with E-state index in [1.807, 2.05) is 36.1 Å². The molecule has 0 saturated carbocycles. The molecule has 0 aliphatic carbocycles. The summed E-state index contributed by atoms with van der Waals surface area (Å²) in [5.41, 5.74) is 2.07. The third-order valence-corrected chi connectivity index (χ3v) is 4.26. The van der Waals surface area contributed by atoms with Gasteiger partial charge in [0.25, 0.3) is 0 Å². The summed E-state index contributed by atoms with van der Waals surface area (Å²) in [5, 5.41) is 8.12. The summed E-state index contributed by atoms with van der Waals surface area (Å²) < 4.78 is 11.3. The van der Waals surface area contributed by atoms with E-state index in [0.29, 0.717) is 44.3 Å². The monoisotopic (exact) mass is 329 g/mol. The van der Waals surface area contributed by atoms with E-state index in [0.717, 1.165) is 12.0 Å². The number of nitrogens with zero attached hydrogens (tertiary/aromatic N) is 3. The van der Waals surface area contributed by atoms with E-state index in [1.165, 1.54) is 5.56 Å². The van der Waals surface area contributed by atoms with E-state index in [9.17, 15) is 4.79 Å². The molecule has 1 aromatic heterocycles. The van der Waals surface area contributed by atoms with Gasteiger partial charge in [-0.15, -0.1) is 10.2 Å². The predicted octanol–water partition coefficient (Wildman–Crippen LogP) is 2.62. The van der Waals surface area contributed by atoms with Gasteiger partial charge in [0.2, 0.25) is 17.7 Å². The van der Waals surface area contributed by atoms with Crippen molar-refractivity contribution < 1.29 is 13.9 Å². The molecule has 0 N–H and O–H groups in total. The van der Waals surface area contributed by atoms with Crippen LogP contribution in [-0.4, -0.2) is 46.8 Å². The van der Waals surface area contributed by atoms with Crippen molar-refractivity contribution in [1.29, 1.82) is 0 Å². The van der Waals surface area contributed by atoms with E-state index >= 15 is 0 Å². The van der Waals surface area contributed by atoms with Crippen LogP contribution in [-0.2, 0) is 16.0 Å². The van der Waals surface area contributed by atoms with Crippen LogP contribution in [0, 0.1) is 6.92 Å². The lowest BCUT2D eigenvalue weighted by Crippen LogP contribution is -2.45. The number of aryl methyl sites for hydroxylation is 2. The molecule has 1 aliphatic rings. The van der Waals surface area contributed by atoms with Crippen LogP contribution in [0.3, 0.4) is 0 Å². The Morgan fingerprint density at radius 3 is 2.83 bits per heavy atom. The van der Waals surface area contributed by atoms with Gasteiger partial charge >= 0.3 is 0 Å². The van der Waals surface area contributed by atoms with Gasteiger partial charge in [-0.1, -0.05) is 24.6 Å². The molecule has 128 valence electrons. The lowest BCUT2D eigenvalue weighted by molar-refractivity contribution is -0.138. The molecule has 3 rings (SSSR count). The Morgan fingerprint density at radius 2 is 2.08 bits per heavy atom. The fourth-order valence-electron chi connectivity index (χ4n) is 2.73. The van der Waals surface area contributed by atoms with Crippen molar-refractivity contribution in [2.45, 2.75) is 39.2 Å². The molecule has 0 spiro atoms. The Morgan fingerprint density at radius 1 is 1.29 bits per heavy atom. The second kappa shape index (κ2) is 7.57. The topological polar surface area (TPSA) is 68.5 Å². The van der Waals surface area contributed by atoms with Gasteiger partial charge < -0.3 is 14.1 Å². The standard InChI is InChI=1S/C18H23N3O3/c1-3-15-12-21(10-11-23-15)17(22)9-8-16-19-20-18(24-16)14-6-4-13(2)5-7-14/h4-7,15H,3,8-12H2,1-2H3/t15-/m1/s1. The molecule has 1 saturated heterocycles. The molecule has 1 fully saturated rings. The molecule has 24 heavy (non-hydrogen) atoms. The van der Waals surface area contributed by atoms with Gasteiger partial charge in [-0.3, -0.25) is 4.79 Å². The summed E-state index contributed by atoms with van der Waals surface area (Å²) in [6.07, 6.45) is 1.92. The highest BCUT2D eigenvalue weighted by Gasteiger charge is 2.23. The molecule has 0 unspecified atom stereocenters. The summed E-state index contributed by atoms with van der Waals surface area (Å²) in [6.45, 7) is 6.05. The van der Waals surface area contributed by atoms with Gasteiger partial charge in [0.05, 0.1) is 12.7 Å². The lowest BCUT2D eigenvalue weighted by Gasteiger charge is -2.32. The summed E-state index contributed by atoms with van der Waals surface area (Å²) in [5.74, 6) is 1.11. The Labute approximate surface area is 141 Å². The van der Waals surface area contributed by atoms with Crippen LogP contribution in [0.25, 0.3) is 11.5 Å². The first kappa shape index (κ1) is 16.6. The smallest absolute Gasteiger partial charge is 0.247 e. The molecule has 2 aromatic rings. The molecule has 0 bridgehead atoms. The van der Waals surface area contributed by atoms with Crippen molar-refractivity contribution in [3.05, 3.63) is 35.7 Å². The van der Waals surface area contributed by atoms with E-state index < -0.39 is 0 Å². The van der Waals surface area contributed by atoms with Crippen LogP contribution >= 0.6 is 0 Å². The van der Waals surface area contributed by atoms with Crippen LogP contribution < -0.4 is 0 Å². The minimum Gasteiger partial charge on any atom is -0.421 e. The fourth-order valence-corrected chi connectivity index (χ4v) is 2.73. The number of aromatic nitrogens is 2. The molecule has 1 atom stereocenters. The number of ether oxygens (including phenoxy) is 1. The van der Waals surface area contributed by atoms with Crippen molar-refractivity contribution in [1.82, 2.24) is 15.1 Å². The Bertz CT molecular complexity index is 681. The van der Waals surface area contributed by atoms with Gasteiger partial charge in [-0.25, -0.2) is 0 Å². The summed E-state index contributed by atoms with van der Waals surface area (Å²) in [4.78, 5) is 14.2. The number of morpholine rings is 1. The van der Waals surface area contributed by atoms with Crippen molar-refractivity contribution in [2.24, 2.45) is 0 Å². The van der Waals surface area contributed by atoms with Crippen molar-refractivity contribution >= 4 is 5.91 Å². The zero-order valence-electron chi connectivity index (χ0n) is 14.2. The summed E-state index contributed by atoms with van der Waals surface area (Å²) >= 11 is 0. The molecule has 6 nitrogen and oxygen atoms in total. The molecule has 2 heterocycles. The SMILES string of the molecule is CC[C@@H]1CN(C(=O)CCc2nnc(-c3ccc(C)cc3)o2)CCO1. The highest BCUT2D eigenvalue weighted by molar-refractivity contribution is 5.76. The number of rotatable bonds is 5. The fraction of sp³-hybridized carbons (Fsp3) is 0.500. The highest BCUT2D eigenvalue weighted by atomic mass is 16.5. The molecule has 1 aromatic carbocycles. The van der Waals surface area contributed by atoms with E-state index in [-0.39, 0.29) is 12.0 Å². The van der Waals surface area contributed by atoms with E-state index in [2.05, 4.69) is 17.1 Å². The lowest BCUT2D eigenvalue weighted by atomic mass is 10.1. The third-order valence-electron chi connectivity index (χ3n) is 4.26. The molecule has 6 heteroatoms. The first-order chi connectivity index (χ1) is 11.7. The van der Waals surface area contributed by atoms with E-state index in [1.54, 1.807) is 0 Å². The largest absolute Gasteiger partial charge is 0.421 e. The Balaban J connectivity index is 1.55. The summed E-state index contributed by atoms with van der Waals surface area (Å²) in [6, 6.07) is 7.92. The third kappa shape index (κ3) is 4.00. The van der Waals surface area contributed by atoms with Crippen LogP contribution in [0.1, 0.15) is 31.2 Å². The molecular formula is C18H23N3O3. The number of carbonyl (C=O) groups excluding carboxylic acids is 1. The van der Waals surface area contributed by atoms with Crippen molar-refractivity contribution in [3.8, 4) is 11.5 Å². The highest BCUT2D eigenvalue weighted by Crippen LogP contribution is 2.19. The van der Waals surface area contributed by atoms with Crippen LogP contribution in [0.2, 0.25) is 0 Å². The summed E-state index contributed by atoms with van der Waals surface area (Å²) in [7, 11) is 0. The number of amides is 1. The van der Waals surface area contributed by atoms with Crippen LogP contribution in [0.4, 0.5) is 0 Å². The van der Waals surface area contributed by atoms with Gasteiger partial charge in [-0.05, 0) is 25.5 Å². The van der Waals surface area contributed by atoms with Gasteiger partial charge in [0.15, 0.2) is 0 Å². The number of benzene rings is 1. The predicted molar refractivity (Wildman–Crippen MR) is 89.4 cm³/mol. The maximum atomic E-state index is 12.3. The first-order valence-electron chi connectivity index (χ1n) is 8.44.